The lowest BCUT2D eigenvalue weighted by Crippen LogP contribution is -2.32. The van der Waals surface area contributed by atoms with Crippen LogP contribution in [0.2, 0.25) is 0 Å². The molecule has 0 aromatic carbocycles. The minimum Gasteiger partial charge on any atom is -0.381 e. The smallest absolute Gasteiger partial charge is 0.246 e. The lowest BCUT2D eigenvalue weighted by Gasteiger charge is -2.10. The van der Waals surface area contributed by atoms with Gasteiger partial charge < -0.3 is 5.73 Å². The number of nitrogens with zero attached hydrogens (tertiary/aromatic N) is 2. The second-order valence-electron chi connectivity index (χ2n) is 3.66. The monoisotopic (exact) mass is 246 g/mol. The number of nitrogen functional groups attached to an aromatic ring is 1. The maximum atomic E-state index is 11.9. The van der Waals surface area contributed by atoms with Crippen molar-refractivity contribution < 1.29 is 8.42 Å². The Bertz CT molecular complexity index is 452. The predicted molar refractivity (Wildman–Crippen MR) is 62.4 cm³/mol. The van der Waals surface area contributed by atoms with E-state index in [0.29, 0.717) is 6.54 Å². The lowest BCUT2D eigenvalue weighted by molar-refractivity contribution is 0.556. The van der Waals surface area contributed by atoms with Gasteiger partial charge in [-0.1, -0.05) is 6.92 Å². The molecule has 0 bridgehead atoms. The molecule has 1 unspecified atom stereocenters. The number of hydrogen-bond acceptors (Lipinski definition) is 4. The molecule has 3 N–H and O–H groups in total. The molecule has 16 heavy (non-hydrogen) atoms. The first-order chi connectivity index (χ1) is 7.40. The average molecular weight is 246 g/mol. The number of rotatable bonds is 5. The molecule has 6 nitrogen and oxygen atoms in total. The van der Waals surface area contributed by atoms with Crippen molar-refractivity contribution in [2.24, 2.45) is 0 Å². The van der Waals surface area contributed by atoms with Crippen LogP contribution < -0.4 is 10.5 Å². The van der Waals surface area contributed by atoms with E-state index >= 15 is 0 Å². The van der Waals surface area contributed by atoms with Crippen LogP contribution in [0.15, 0.2) is 11.1 Å². The molecule has 1 rings (SSSR count). The zero-order chi connectivity index (χ0) is 12.3. The zero-order valence-electron chi connectivity index (χ0n) is 9.77. The largest absolute Gasteiger partial charge is 0.381 e. The Morgan fingerprint density at radius 1 is 1.56 bits per heavy atom. The van der Waals surface area contributed by atoms with E-state index in [4.69, 9.17) is 5.73 Å². The maximum Gasteiger partial charge on any atom is 0.246 e. The third kappa shape index (κ3) is 2.73. The molecule has 1 atom stereocenters. The van der Waals surface area contributed by atoms with Crippen molar-refractivity contribution in [3.63, 3.8) is 0 Å². The fraction of sp³-hybridized carbons (Fsp3) is 0.667. The number of aryl methyl sites for hydroxylation is 1. The van der Waals surface area contributed by atoms with Crippen LogP contribution in [0.1, 0.15) is 27.2 Å². The van der Waals surface area contributed by atoms with Crippen molar-refractivity contribution in [1.29, 1.82) is 0 Å². The van der Waals surface area contributed by atoms with Crippen LogP contribution >= 0.6 is 0 Å². The molecule has 1 heterocycles. The second-order valence-corrected chi connectivity index (χ2v) is 5.35. The predicted octanol–water partition coefficient (Wildman–Crippen LogP) is 0.562. The van der Waals surface area contributed by atoms with Crippen molar-refractivity contribution >= 4 is 15.8 Å². The van der Waals surface area contributed by atoms with Gasteiger partial charge in [-0.3, -0.25) is 4.68 Å². The molecule has 1 aromatic heterocycles. The van der Waals surface area contributed by atoms with Gasteiger partial charge in [-0.05, 0) is 20.3 Å². The summed E-state index contributed by atoms with van der Waals surface area (Å²) in [5.41, 5.74) is 5.57. The average Bonchev–Trinajstić information content (AvgIpc) is 2.59. The Labute approximate surface area is 95.9 Å². The molecular formula is C9H18N4O2S. The first kappa shape index (κ1) is 13.0. The van der Waals surface area contributed by atoms with Crippen molar-refractivity contribution in [2.45, 2.75) is 44.7 Å². The number of sulfonamides is 1. The third-order valence-corrected chi connectivity index (χ3v) is 3.94. The van der Waals surface area contributed by atoms with Gasteiger partial charge in [0, 0.05) is 18.8 Å². The van der Waals surface area contributed by atoms with E-state index < -0.39 is 10.0 Å². The Morgan fingerprint density at radius 3 is 2.62 bits per heavy atom. The van der Waals surface area contributed by atoms with Crippen LogP contribution in [-0.4, -0.2) is 24.2 Å². The van der Waals surface area contributed by atoms with Gasteiger partial charge >= 0.3 is 0 Å². The highest BCUT2D eigenvalue weighted by atomic mass is 32.2. The fourth-order valence-electron chi connectivity index (χ4n) is 1.20. The summed E-state index contributed by atoms with van der Waals surface area (Å²) < 4.78 is 27.9. The van der Waals surface area contributed by atoms with Crippen molar-refractivity contribution in [3.05, 3.63) is 6.20 Å². The summed E-state index contributed by atoms with van der Waals surface area (Å²) in [5, 5.41) is 3.90. The summed E-state index contributed by atoms with van der Waals surface area (Å²) in [6, 6.07) is -0.116. The number of nitrogens with one attached hydrogen (secondary N) is 1. The van der Waals surface area contributed by atoms with Gasteiger partial charge in [0.1, 0.15) is 4.90 Å². The van der Waals surface area contributed by atoms with Crippen molar-refractivity contribution in [1.82, 2.24) is 14.5 Å². The highest BCUT2D eigenvalue weighted by Crippen LogP contribution is 2.16. The molecule has 0 fully saturated rings. The quantitative estimate of drug-likeness (QED) is 0.794. The SMILES string of the molecule is CCC(C)NS(=O)(=O)c1cn(CC)nc1N. The van der Waals surface area contributed by atoms with Crippen molar-refractivity contribution in [3.8, 4) is 0 Å². The Morgan fingerprint density at radius 2 is 2.19 bits per heavy atom. The van der Waals surface area contributed by atoms with Gasteiger partial charge in [-0.2, -0.15) is 5.10 Å². The van der Waals surface area contributed by atoms with Crippen LogP contribution in [0.5, 0.6) is 0 Å². The summed E-state index contributed by atoms with van der Waals surface area (Å²) in [5.74, 6) is 0.0395. The van der Waals surface area contributed by atoms with Gasteiger partial charge in [-0.15, -0.1) is 0 Å². The third-order valence-electron chi connectivity index (χ3n) is 2.34. The molecule has 1 aromatic rings. The summed E-state index contributed by atoms with van der Waals surface area (Å²) in [6.45, 7) is 6.16. The highest BCUT2D eigenvalue weighted by Gasteiger charge is 2.22. The molecular weight excluding hydrogens is 228 g/mol. The first-order valence-corrected chi connectivity index (χ1v) is 6.74. The van der Waals surface area contributed by atoms with E-state index in [2.05, 4.69) is 9.82 Å². The maximum absolute atomic E-state index is 11.9. The molecule has 92 valence electrons. The van der Waals surface area contributed by atoms with Crippen LogP contribution in [0.25, 0.3) is 0 Å². The van der Waals surface area contributed by atoms with E-state index in [9.17, 15) is 8.42 Å². The topological polar surface area (TPSA) is 90.0 Å². The normalized spacial score (nSPS) is 13.9. The molecule has 7 heteroatoms. The van der Waals surface area contributed by atoms with E-state index in [1.165, 1.54) is 10.9 Å². The minimum absolute atomic E-state index is 0.0395. The molecule has 0 radical (unpaired) electrons. The van der Waals surface area contributed by atoms with Gasteiger partial charge in [0.05, 0.1) is 0 Å². The summed E-state index contributed by atoms with van der Waals surface area (Å²) in [6.07, 6.45) is 2.17. The van der Waals surface area contributed by atoms with Crippen LogP contribution in [0.4, 0.5) is 5.82 Å². The van der Waals surface area contributed by atoms with Crippen LogP contribution in [-0.2, 0) is 16.6 Å². The number of nitrogens with two attached hydrogens (primary N) is 1. The van der Waals surface area contributed by atoms with E-state index in [-0.39, 0.29) is 16.8 Å². The Kier molecular flexibility index (Phi) is 3.93. The molecule has 0 aliphatic rings. The summed E-state index contributed by atoms with van der Waals surface area (Å²) in [4.78, 5) is 0.0506. The Hall–Kier alpha value is -1.08. The van der Waals surface area contributed by atoms with Gasteiger partial charge in [0.15, 0.2) is 5.82 Å². The van der Waals surface area contributed by atoms with Gasteiger partial charge in [-0.25, -0.2) is 13.1 Å². The summed E-state index contributed by atoms with van der Waals surface area (Å²) >= 11 is 0. The highest BCUT2D eigenvalue weighted by molar-refractivity contribution is 7.89. The first-order valence-electron chi connectivity index (χ1n) is 5.26. The molecule has 0 saturated carbocycles. The minimum atomic E-state index is -3.55. The molecule has 0 aliphatic heterocycles. The number of hydrogen-bond donors (Lipinski definition) is 2. The number of aromatic nitrogens is 2. The van der Waals surface area contributed by atoms with E-state index in [1.807, 2.05) is 13.8 Å². The molecule has 0 amide bonds. The van der Waals surface area contributed by atoms with E-state index in [0.717, 1.165) is 6.42 Å². The van der Waals surface area contributed by atoms with Gasteiger partial charge in [0.25, 0.3) is 0 Å². The standard InChI is InChI=1S/C9H18N4O2S/c1-4-7(3)12-16(14,15)8-6-13(5-2)11-9(8)10/h6-7,12H,4-5H2,1-3H3,(H2,10,11). The van der Waals surface area contributed by atoms with Crippen LogP contribution in [0.3, 0.4) is 0 Å². The van der Waals surface area contributed by atoms with E-state index in [1.54, 1.807) is 6.92 Å². The van der Waals surface area contributed by atoms with Gasteiger partial charge in [0.2, 0.25) is 10.0 Å². The van der Waals surface area contributed by atoms with Crippen LogP contribution in [0, 0.1) is 0 Å². The zero-order valence-corrected chi connectivity index (χ0v) is 10.6. The lowest BCUT2D eigenvalue weighted by atomic mass is 10.3. The fourth-order valence-corrected chi connectivity index (χ4v) is 2.60. The molecule has 0 saturated heterocycles. The molecule has 0 spiro atoms. The molecule has 0 aliphatic carbocycles. The summed E-state index contributed by atoms with van der Waals surface area (Å²) in [7, 11) is -3.55. The number of anilines is 1. The Balaban J connectivity index is 3.02. The van der Waals surface area contributed by atoms with Crippen molar-refractivity contribution in [2.75, 3.05) is 5.73 Å². The second kappa shape index (κ2) is 4.84.